The topological polar surface area (TPSA) is 30.9 Å². The Morgan fingerprint density at radius 2 is 2.00 bits per heavy atom. The van der Waals surface area contributed by atoms with Crippen LogP contribution in [0, 0.1) is 5.92 Å². The summed E-state index contributed by atoms with van der Waals surface area (Å²) in [6.07, 6.45) is -3.36. The van der Waals surface area contributed by atoms with E-state index in [0.29, 0.717) is 19.6 Å². The molecule has 1 N–H and O–H groups in total. The maximum Gasteiger partial charge on any atom is 0.401 e. The normalized spacial score (nSPS) is 18.5. The number of alkyl halides is 3. The van der Waals surface area contributed by atoms with E-state index in [2.05, 4.69) is 22.4 Å². The Bertz CT molecular complexity index is 551. The lowest BCUT2D eigenvalue weighted by molar-refractivity contribution is -0.143. The molecule has 1 saturated heterocycles. The van der Waals surface area contributed by atoms with E-state index in [9.17, 15) is 13.2 Å². The van der Waals surface area contributed by atoms with Crippen molar-refractivity contribution in [1.29, 1.82) is 0 Å². The number of rotatable bonds is 6. The fourth-order valence-corrected chi connectivity index (χ4v) is 3.08. The fourth-order valence-electron chi connectivity index (χ4n) is 3.08. The highest BCUT2D eigenvalue weighted by molar-refractivity contribution is 14.0. The second kappa shape index (κ2) is 11.0. The second-order valence-corrected chi connectivity index (χ2v) is 6.54. The molecule has 0 aliphatic carbocycles. The average Bonchev–Trinajstić information content (AvgIpc) is 2.97. The van der Waals surface area contributed by atoms with Gasteiger partial charge < -0.3 is 10.2 Å². The van der Waals surface area contributed by atoms with E-state index in [1.54, 1.807) is 0 Å². The van der Waals surface area contributed by atoms with Crippen molar-refractivity contribution in [3.05, 3.63) is 35.9 Å². The molecule has 1 aromatic carbocycles. The summed E-state index contributed by atoms with van der Waals surface area (Å²) in [5.41, 5.74) is 1.19. The summed E-state index contributed by atoms with van der Waals surface area (Å²) in [6.45, 7) is 4.19. The third kappa shape index (κ3) is 8.11. The van der Waals surface area contributed by atoms with Gasteiger partial charge in [0.05, 0.1) is 6.54 Å². The number of aliphatic imine (C=N–C) groups is 1. The first-order valence-electron chi connectivity index (χ1n) is 8.70. The van der Waals surface area contributed by atoms with Crippen molar-refractivity contribution in [2.24, 2.45) is 10.9 Å². The number of halogens is 4. The average molecular weight is 484 g/mol. The molecular formula is C18H28F3IN4. The molecule has 26 heavy (non-hydrogen) atoms. The molecule has 0 amide bonds. The Labute approximate surface area is 170 Å². The molecule has 0 aromatic heterocycles. The van der Waals surface area contributed by atoms with Crippen LogP contribution < -0.4 is 5.32 Å². The van der Waals surface area contributed by atoms with E-state index < -0.39 is 12.7 Å². The van der Waals surface area contributed by atoms with Gasteiger partial charge in [-0.25, -0.2) is 0 Å². The van der Waals surface area contributed by atoms with Gasteiger partial charge in [0.25, 0.3) is 0 Å². The fraction of sp³-hybridized carbons (Fsp3) is 0.611. The monoisotopic (exact) mass is 484 g/mol. The number of likely N-dealkylation sites (tertiary alicyclic amines) is 1. The Morgan fingerprint density at radius 1 is 1.31 bits per heavy atom. The van der Waals surface area contributed by atoms with Crippen molar-refractivity contribution >= 4 is 29.9 Å². The van der Waals surface area contributed by atoms with Crippen molar-refractivity contribution in [3.8, 4) is 0 Å². The zero-order valence-electron chi connectivity index (χ0n) is 15.3. The zero-order chi connectivity index (χ0) is 18.3. The standard InChI is InChI=1S/C18H27F3N4.HI/c1-3-22-17(24(2)12-15-7-5-4-6-8-15)23-11-16-9-10-25(13-16)14-18(19,20)21;/h4-8,16H,3,9-14H2,1-2H3,(H,22,23);1H. The highest BCUT2D eigenvalue weighted by Gasteiger charge is 2.34. The summed E-state index contributed by atoms with van der Waals surface area (Å²) in [6, 6.07) is 10.1. The van der Waals surface area contributed by atoms with E-state index >= 15 is 0 Å². The lowest BCUT2D eigenvalue weighted by atomic mass is 10.1. The van der Waals surface area contributed by atoms with Gasteiger partial charge in [-0.1, -0.05) is 30.3 Å². The van der Waals surface area contributed by atoms with Crippen LogP contribution in [0.1, 0.15) is 18.9 Å². The molecule has 8 heteroatoms. The molecule has 148 valence electrons. The molecule has 2 rings (SSSR count). The van der Waals surface area contributed by atoms with E-state index in [-0.39, 0.29) is 29.9 Å². The number of guanidine groups is 1. The summed E-state index contributed by atoms with van der Waals surface area (Å²) < 4.78 is 37.4. The molecular weight excluding hydrogens is 456 g/mol. The largest absolute Gasteiger partial charge is 0.401 e. The van der Waals surface area contributed by atoms with E-state index in [4.69, 9.17) is 0 Å². The Kier molecular flexibility index (Phi) is 9.70. The maximum atomic E-state index is 12.5. The van der Waals surface area contributed by atoms with Crippen LogP contribution in [0.15, 0.2) is 35.3 Å². The Hall–Kier alpha value is -1.03. The minimum atomic E-state index is -4.12. The lowest BCUT2D eigenvalue weighted by Crippen LogP contribution is -2.39. The smallest absolute Gasteiger partial charge is 0.357 e. The first kappa shape index (κ1) is 23.0. The first-order chi connectivity index (χ1) is 11.9. The SMILES string of the molecule is CCNC(=NCC1CCN(CC(F)(F)F)C1)N(C)Cc1ccccc1.I. The molecule has 1 heterocycles. The number of benzene rings is 1. The van der Waals surface area contributed by atoms with E-state index in [1.807, 2.05) is 37.1 Å². The van der Waals surface area contributed by atoms with Gasteiger partial charge in [0.2, 0.25) is 0 Å². The van der Waals surface area contributed by atoms with Crippen LogP contribution in [0.3, 0.4) is 0 Å². The summed E-state index contributed by atoms with van der Waals surface area (Å²) in [5, 5.41) is 3.26. The van der Waals surface area contributed by atoms with E-state index in [1.165, 1.54) is 10.5 Å². The molecule has 1 aliphatic heterocycles. The molecule has 4 nitrogen and oxygen atoms in total. The van der Waals surface area contributed by atoms with Gasteiger partial charge in [0, 0.05) is 33.2 Å². The van der Waals surface area contributed by atoms with Crippen LogP contribution in [0.2, 0.25) is 0 Å². The summed E-state index contributed by atoms with van der Waals surface area (Å²) >= 11 is 0. The van der Waals surface area contributed by atoms with Crippen LogP contribution in [0.25, 0.3) is 0 Å². The summed E-state index contributed by atoms with van der Waals surface area (Å²) in [7, 11) is 1.97. The number of nitrogens with zero attached hydrogens (tertiary/aromatic N) is 3. The summed E-state index contributed by atoms with van der Waals surface area (Å²) in [5.74, 6) is 0.974. The Morgan fingerprint density at radius 3 is 2.62 bits per heavy atom. The molecule has 1 atom stereocenters. The van der Waals surface area contributed by atoms with Crippen molar-refractivity contribution in [2.75, 3.05) is 39.8 Å². The predicted octanol–water partition coefficient (Wildman–Crippen LogP) is 3.59. The van der Waals surface area contributed by atoms with Crippen molar-refractivity contribution < 1.29 is 13.2 Å². The molecule has 1 unspecified atom stereocenters. The minimum Gasteiger partial charge on any atom is -0.357 e. The van der Waals surface area contributed by atoms with Gasteiger partial charge >= 0.3 is 6.18 Å². The molecule has 0 bridgehead atoms. The third-order valence-electron chi connectivity index (χ3n) is 4.23. The van der Waals surface area contributed by atoms with Gasteiger partial charge in [0.15, 0.2) is 5.96 Å². The van der Waals surface area contributed by atoms with Crippen molar-refractivity contribution in [3.63, 3.8) is 0 Å². The van der Waals surface area contributed by atoms with Crippen molar-refractivity contribution in [1.82, 2.24) is 15.1 Å². The minimum absolute atomic E-state index is 0. The van der Waals surface area contributed by atoms with E-state index in [0.717, 1.165) is 25.5 Å². The number of hydrogen-bond acceptors (Lipinski definition) is 2. The number of hydrogen-bond donors (Lipinski definition) is 1. The first-order valence-corrected chi connectivity index (χ1v) is 8.70. The number of nitrogens with one attached hydrogen (secondary N) is 1. The Balaban J connectivity index is 0.00000338. The van der Waals surface area contributed by atoms with Crippen LogP contribution in [0.5, 0.6) is 0 Å². The van der Waals surface area contributed by atoms with Crippen LogP contribution in [0.4, 0.5) is 13.2 Å². The molecule has 0 spiro atoms. The van der Waals surface area contributed by atoms with Gasteiger partial charge in [-0.15, -0.1) is 24.0 Å². The van der Waals surface area contributed by atoms with Gasteiger partial charge in [-0.05, 0) is 31.4 Å². The lowest BCUT2D eigenvalue weighted by Gasteiger charge is -2.23. The van der Waals surface area contributed by atoms with Crippen LogP contribution >= 0.6 is 24.0 Å². The van der Waals surface area contributed by atoms with Crippen molar-refractivity contribution in [2.45, 2.75) is 26.1 Å². The second-order valence-electron chi connectivity index (χ2n) is 6.54. The zero-order valence-corrected chi connectivity index (χ0v) is 17.6. The van der Waals surface area contributed by atoms with Crippen LogP contribution in [-0.4, -0.2) is 61.7 Å². The molecule has 0 saturated carbocycles. The molecule has 1 fully saturated rings. The highest BCUT2D eigenvalue weighted by atomic mass is 127. The third-order valence-corrected chi connectivity index (χ3v) is 4.23. The quantitative estimate of drug-likeness (QED) is 0.381. The highest BCUT2D eigenvalue weighted by Crippen LogP contribution is 2.22. The predicted molar refractivity (Wildman–Crippen MR) is 110 cm³/mol. The summed E-state index contributed by atoms with van der Waals surface area (Å²) in [4.78, 5) is 8.16. The molecule has 1 aromatic rings. The molecule has 1 aliphatic rings. The van der Waals surface area contributed by atoms with Gasteiger partial charge in [0.1, 0.15) is 0 Å². The molecule has 0 radical (unpaired) electrons. The van der Waals surface area contributed by atoms with Gasteiger partial charge in [-0.2, -0.15) is 13.2 Å². The maximum absolute atomic E-state index is 12.5. The van der Waals surface area contributed by atoms with Gasteiger partial charge in [-0.3, -0.25) is 9.89 Å². The van der Waals surface area contributed by atoms with Crippen LogP contribution in [-0.2, 0) is 6.54 Å².